The quantitative estimate of drug-likeness (QED) is 0.153. The van der Waals surface area contributed by atoms with E-state index in [-0.39, 0.29) is 63.1 Å². The number of rotatable bonds is 21. The van der Waals surface area contributed by atoms with E-state index >= 15 is 0 Å². The van der Waals surface area contributed by atoms with E-state index in [1.165, 1.54) is 0 Å². The SMILES string of the molecule is CC(C)(C)NCCOCCOCC(=O)NCCOCCOCC(=O)NC(CCC(=O)C(C)(C)C)C(=O)O. The minimum Gasteiger partial charge on any atom is -0.480 e. The molecule has 1 atom stereocenters. The fourth-order valence-electron chi connectivity index (χ4n) is 2.73. The van der Waals surface area contributed by atoms with Crippen molar-refractivity contribution in [2.75, 3.05) is 65.9 Å². The summed E-state index contributed by atoms with van der Waals surface area (Å²) in [4.78, 5) is 46.9. The Morgan fingerprint density at radius 1 is 0.730 bits per heavy atom. The molecule has 0 rings (SSSR count). The summed E-state index contributed by atoms with van der Waals surface area (Å²) in [5, 5.41) is 17.6. The fraction of sp³-hybridized carbons (Fsp3) is 0.840. The molecule has 2 amide bonds. The Hall–Kier alpha value is -2.12. The number of amides is 2. The maximum Gasteiger partial charge on any atom is 0.326 e. The monoisotopic (exact) mass is 533 g/mol. The van der Waals surface area contributed by atoms with Gasteiger partial charge < -0.3 is 40.0 Å². The van der Waals surface area contributed by atoms with Gasteiger partial charge in [-0.3, -0.25) is 14.4 Å². The maximum absolute atomic E-state index is 12.0. The van der Waals surface area contributed by atoms with Gasteiger partial charge in [-0.05, 0) is 27.2 Å². The van der Waals surface area contributed by atoms with E-state index in [2.05, 4.69) is 36.7 Å². The van der Waals surface area contributed by atoms with Gasteiger partial charge >= 0.3 is 5.97 Å². The Bertz CT molecular complexity index is 688. The number of aliphatic carboxylic acids is 1. The fourth-order valence-corrected chi connectivity index (χ4v) is 2.73. The molecule has 0 saturated heterocycles. The number of ether oxygens (including phenoxy) is 4. The average molecular weight is 534 g/mol. The third kappa shape index (κ3) is 21.7. The van der Waals surface area contributed by atoms with Crippen LogP contribution in [-0.2, 0) is 38.1 Å². The molecule has 0 heterocycles. The molecule has 0 aliphatic carbocycles. The zero-order valence-corrected chi connectivity index (χ0v) is 23.3. The molecule has 12 heteroatoms. The Kier molecular flexibility index (Phi) is 17.9. The van der Waals surface area contributed by atoms with Gasteiger partial charge in [0, 0.05) is 30.5 Å². The van der Waals surface area contributed by atoms with E-state index in [1.54, 1.807) is 20.8 Å². The van der Waals surface area contributed by atoms with E-state index in [1.807, 2.05) is 0 Å². The second kappa shape index (κ2) is 19.0. The van der Waals surface area contributed by atoms with Gasteiger partial charge in [-0.15, -0.1) is 0 Å². The van der Waals surface area contributed by atoms with E-state index in [9.17, 15) is 24.3 Å². The number of ketones is 1. The topological polar surface area (TPSA) is 162 Å². The number of hydrogen-bond acceptors (Lipinski definition) is 9. The molecule has 0 radical (unpaired) electrons. The van der Waals surface area contributed by atoms with Crippen LogP contribution in [0, 0.1) is 5.41 Å². The largest absolute Gasteiger partial charge is 0.480 e. The number of Topliss-reactive ketones (excluding diaryl/α,β-unsaturated/α-hetero) is 1. The normalized spacial score (nSPS) is 12.7. The lowest BCUT2D eigenvalue weighted by Gasteiger charge is -2.20. The first kappa shape index (κ1) is 34.9. The number of hydrogen-bond donors (Lipinski definition) is 4. The van der Waals surface area contributed by atoms with E-state index < -0.39 is 23.3 Å². The number of carboxylic acid groups (broad SMARTS) is 1. The summed E-state index contributed by atoms with van der Waals surface area (Å²) in [5.74, 6) is -2.13. The zero-order chi connectivity index (χ0) is 28.3. The van der Waals surface area contributed by atoms with E-state index in [0.29, 0.717) is 26.4 Å². The lowest BCUT2D eigenvalue weighted by Crippen LogP contribution is -2.43. The summed E-state index contributed by atoms with van der Waals surface area (Å²) >= 11 is 0. The zero-order valence-electron chi connectivity index (χ0n) is 23.3. The van der Waals surface area contributed by atoms with Gasteiger partial charge in [0.1, 0.15) is 25.0 Å². The lowest BCUT2D eigenvalue weighted by molar-refractivity contribution is -0.143. The number of carbonyl (C=O) groups excluding carboxylic acids is 3. The maximum atomic E-state index is 12.0. The minimum atomic E-state index is -1.21. The van der Waals surface area contributed by atoms with Crippen LogP contribution in [0.1, 0.15) is 54.4 Å². The smallest absolute Gasteiger partial charge is 0.326 e. The van der Waals surface area contributed by atoms with Crippen LogP contribution in [0.5, 0.6) is 0 Å². The molecule has 0 bridgehead atoms. The molecule has 37 heavy (non-hydrogen) atoms. The van der Waals surface area contributed by atoms with Crippen LogP contribution in [0.4, 0.5) is 0 Å². The van der Waals surface area contributed by atoms with Gasteiger partial charge in [-0.25, -0.2) is 4.79 Å². The molecule has 1 unspecified atom stereocenters. The van der Waals surface area contributed by atoms with Crippen molar-refractivity contribution in [2.45, 2.75) is 66.0 Å². The highest BCUT2D eigenvalue weighted by Gasteiger charge is 2.25. The Morgan fingerprint density at radius 3 is 1.76 bits per heavy atom. The third-order valence-corrected chi connectivity index (χ3v) is 4.81. The van der Waals surface area contributed by atoms with Gasteiger partial charge in [0.25, 0.3) is 0 Å². The van der Waals surface area contributed by atoms with Crippen molar-refractivity contribution < 1.29 is 43.2 Å². The van der Waals surface area contributed by atoms with Gasteiger partial charge in [-0.2, -0.15) is 0 Å². The summed E-state index contributed by atoms with van der Waals surface area (Å²) in [5.41, 5.74) is -0.513. The number of nitrogens with one attached hydrogen (secondary N) is 3. The predicted molar refractivity (Wildman–Crippen MR) is 137 cm³/mol. The summed E-state index contributed by atoms with van der Waals surface area (Å²) in [7, 11) is 0. The standard InChI is InChI=1S/C25H47N3O9/c1-24(2,3)20(29)8-7-19(23(32)33)28-22(31)18-37-16-13-34-11-9-26-21(30)17-36-15-14-35-12-10-27-25(4,5)6/h19,27H,7-18H2,1-6H3,(H,26,30)(H,28,31)(H,32,33). The molecular formula is C25H47N3O9. The van der Waals surface area contributed by atoms with Crippen molar-refractivity contribution in [2.24, 2.45) is 5.41 Å². The van der Waals surface area contributed by atoms with Crippen LogP contribution in [0.25, 0.3) is 0 Å². The van der Waals surface area contributed by atoms with Crippen molar-refractivity contribution in [3.05, 3.63) is 0 Å². The second-order valence-electron chi connectivity index (χ2n) is 10.5. The molecule has 0 fully saturated rings. The molecule has 0 saturated carbocycles. The van der Waals surface area contributed by atoms with Crippen LogP contribution < -0.4 is 16.0 Å². The van der Waals surface area contributed by atoms with E-state index in [4.69, 9.17) is 18.9 Å². The first-order chi connectivity index (χ1) is 17.2. The molecular weight excluding hydrogens is 486 g/mol. The molecule has 0 aromatic rings. The summed E-state index contributed by atoms with van der Waals surface area (Å²) in [6.45, 7) is 14.0. The van der Waals surface area contributed by atoms with Crippen molar-refractivity contribution >= 4 is 23.6 Å². The minimum absolute atomic E-state index is 0.0141. The summed E-state index contributed by atoms with van der Waals surface area (Å²) < 4.78 is 21.2. The highest BCUT2D eigenvalue weighted by Crippen LogP contribution is 2.18. The van der Waals surface area contributed by atoms with Crippen LogP contribution in [0.3, 0.4) is 0 Å². The lowest BCUT2D eigenvalue weighted by atomic mass is 9.87. The first-order valence-corrected chi connectivity index (χ1v) is 12.6. The van der Waals surface area contributed by atoms with Crippen LogP contribution in [0.2, 0.25) is 0 Å². The van der Waals surface area contributed by atoms with Crippen molar-refractivity contribution in [3.8, 4) is 0 Å². The molecule has 0 spiro atoms. The Labute approximate surface area is 220 Å². The third-order valence-electron chi connectivity index (χ3n) is 4.81. The average Bonchev–Trinajstić information content (AvgIpc) is 2.78. The number of carbonyl (C=O) groups is 4. The molecule has 12 nitrogen and oxygen atoms in total. The predicted octanol–water partition coefficient (Wildman–Crippen LogP) is 0.522. The van der Waals surface area contributed by atoms with Gasteiger partial charge in [0.2, 0.25) is 11.8 Å². The molecule has 0 aromatic carbocycles. The van der Waals surface area contributed by atoms with Crippen LogP contribution in [-0.4, -0.2) is 106 Å². The van der Waals surface area contributed by atoms with Crippen LogP contribution >= 0.6 is 0 Å². The summed E-state index contributed by atoms with van der Waals surface area (Å²) in [6, 6.07) is -1.16. The van der Waals surface area contributed by atoms with Crippen molar-refractivity contribution in [1.82, 2.24) is 16.0 Å². The Balaban J connectivity index is 3.70. The summed E-state index contributed by atoms with van der Waals surface area (Å²) in [6.07, 6.45) is 0.0719. The van der Waals surface area contributed by atoms with Crippen molar-refractivity contribution in [3.63, 3.8) is 0 Å². The van der Waals surface area contributed by atoms with Gasteiger partial charge in [-0.1, -0.05) is 20.8 Å². The first-order valence-electron chi connectivity index (χ1n) is 12.6. The highest BCUT2D eigenvalue weighted by molar-refractivity contribution is 5.86. The van der Waals surface area contributed by atoms with Gasteiger partial charge in [0.15, 0.2) is 0 Å². The number of carboxylic acids is 1. The van der Waals surface area contributed by atoms with E-state index in [0.717, 1.165) is 6.54 Å². The molecule has 0 aliphatic rings. The Morgan fingerprint density at radius 2 is 1.24 bits per heavy atom. The molecule has 216 valence electrons. The molecule has 0 aromatic heterocycles. The highest BCUT2D eigenvalue weighted by atomic mass is 16.5. The molecule has 0 aliphatic heterocycles. The second-order valence-corrected chi connectivity index (χ2v) is 10.5. The molecule has 4 N–H and O–H groups in total. The van der Waals surface area contributed by atoms with Gasteiger partial charge in [0.05, 0.1) is 39.6 Å². The van der Waals surface area contributed by atoms with Crippen LogP contribution in [0.15, 0.2) is 0 Å². The van der Waals surface area contributed by atoms with Crippen molar-refractivity contribution in [1.29, 1.82) is 0 Å².